The number of aromatic nitrogens is 2. The molecule has 156 valence electrons. The van der Waals surface area contributed by atoms with Gasteiger partial charge in [0.25, 0.3) is 5.56 Å². The number of likely N-dealkylation sites (tertiary alicyclic amines) is 1. The van der Waals surface area contributed by atoms with E-state index in [4.69, 9.17) is 16.6 Å². The van der Waals surface area contributed by atoms with E-state index in [2.05, 4.69) is 13.8 Å². The summed E-state index contributed by atoms with van der Waals surface area (Å²) in [6.07, 6.45) is 3.21. The molecule has 0 N–H and O–H groups in total. The maximum Gasteiger partial charge on any atom is 0.266 e. The number of rotatable bonds is 4. The van der Waals surface area contributed by atoms with E-state index in [1.54, 1.807) is 28.8 Å². The summed E-state index contributed by atoms with van der Waals surface area (Å²) in [6.45, 7) is 4.21. The topological polar surface area (TPSA) is 55.2 Å². The third-order valence-electron chi connectivity index (χ3n) is 5.62. The summed E-state index contributed by atoms with van der Waals surface area (Å²) in [5.41, 5.74) is 1.09. The molecule has 30 heavy (non-hydrogen) atoms. The molecule has 0 spiro atoms. The van der Waals surface area contributed by atoms with Crippen molar-refractivity contribution in [3.05, 3.63) is 63.9 Å². The number of hydrogen-bond donors (Lipinski definition) is 0. The summed E-state index contributed by atoms with van der Waals surface area (Å²) in [4.78, 5) is 33.0. The van der Waals surface area contributed by atoms with Crippen molar-refractivity contribution in [1.29, 1.82) is 0 Å². The Kier molecular flexibility index (Phi) is 6.16. The zero-order valence-electron chi connectivity index (χ0n) is 17.0. The van der Waals surface area contributed by atoms with Gasteiger partial charge in [0.1, 0.15) is 0 Å². The van der Waals surface area contributed by atoms with Gasteiger partial charge in [-0.25, -0.2) is 4.98 Å². The number of benzene rings is 2. The van der Waals surface area contributed by atoms with E-state index in [-0.39, 0.29) is 29.3 Å². The van der Waals surface area contributed by atoms with Gasteiger partial charge < -0.3 is 4.90 Å². The fraction of sp³-hybridized carbons (Fsp3) is 0.348. The summed E-state index contributed by atoms with van der Waals surface area (Å²) < 4.78 is 1.55. The highest BCUT2D eigenvalue weighted by Gasteiger charge is 2.29. The molecular formula is C23H24ClN3O2S. The minimum atomic E-state index is -0.169. The minimum absolute atomic E-state index is 0.0831. The standard InChI is InChI=1S/C23H24ClN3O2S/c1-15-7-5-8-16(2)26(15)21(28)14-30-23-25-20-12-4-3-11-19(20)22(29)27(23)18-10-6-9-17(24)13-18/h3-4,6,9-13,15-16H,5,7-8,14H2,1-2H3/t15-,16-/m0/s1. The van der Waals surface area contributed by atoms with Crippen LogP contribution in [0.25, 0.3) is 16.6 Å². The molecule has 0 unspecified atom stereocenters. The van der Waals surface area contributed by atoms with Gasteiger partial charge in [-0.2, -0.15) is 0 Å². The SMILES string of the molecule is C[C@H]1CCC[C@H](C)N1C(=O)CSc1nc2ccccc2c(=O)n1-c1cccc(Cl)c1. The summed E-state index contributed by atoms with van der Waals surface area (Å²) in [6, 6.07) is 14.9. The van der Waals surface area contributed by atoms with Gasteiger partial charge in [0.15, 0.2) is 5.16 Å². The van der Waals surface area contributed by atoms with Crippen LogP contribution in [0.5, 0.6) is 0 Å². The van der Waals surface area contributed by atoms with Crippen LogP contribution in [-0.4, -0.2) is 38.2 Å². The maximum atomic E-state index is 13.3. The molecule has 3 aromatic rings. The van der Waals surface area contributed by atoms with Gasteiger partial charge in [-0.1, -0.05) is 41.6 Å². The van der Waals surface area contributed by atoms with Crippen LogP contribution in [0, 0.1) is 0 Å². The Morgan fingerprint density at radius 1 is 1.13 bits per heavy atom. The summed E-state index contributed by atoms with van der Waals surface area (Å²) in [5.74, 6) is 0.319. The smallest absolute Gasteiger partial charge is 0.266 e. The second-order valence-corrected chi connectivity index (χ2v) is 9.13. The highest BCUT2D eigenvalue weighted by atomic mass is 35.5. The number of para-hydroxylation sites is 1. The average molecular weight is 442 g/mol. The van der Waals surface area contributed by atoms with Crippen LogP contribution in [0.3, 0.4) is 0 Å². The summed E-state index contributed by atoms with van der Waals surface area (Å²) in [7, 11) is 0. The van der Waals surface area contributed by atoms with Crippen LogP contribution in [0.1, 0.15) is 33.1 Å². The summed E-state index contributed by atoms with van der Waals surface area (Å²) in [5, 5.41) is 1.56. The molecule has 1 saturated heterocycles. The molecule has 1 aromatic heterocycles. The van der Waals surface area contributed by atoms with Gasteiger partial charge in [-0.05, 0) is 63.4 Å². The van der Waals surface area contributed by atoms with Gasteiger partial charge in [0.2, 0.25) is 5.91 Å². The van der Waals surface area contributed by atoms with Gasteiger partial charge in [0, 0.05) is 17.1 Å². The quantitative estimate of drug-likeness (QED) is 0.426. The Morgan fingerprint density at radius 3 is 2.60 bits per heavy atom. The Hall–Kier alpha value is -2.31. The Balaban J connectivity index is 1.72. The van der Waals surface area contributed by atoms with Gasteiger partial charge in [-0.3, -0.25) is 14.2 Å². The molecule has 0 radical (unpaired) electrons. The van der Waals surface area contributed by atoms with Crippen molar-refractivity contribution in [3.8, 4) is 5.69 Å². The van der Waals surface area contributed by atoms with Crippen LogP contribution in [0.2, 0.25) is 5.02 Å². The fourth-order valence-electron chi connectivity index (χ4n) is 4.17. The number of fused-ring (bicyclic) bond motifs is 1. The van der Waals surface area contributed by atoms with Crippen LogP contribution >= 0.6 is 23.4 Å². The highest BCUT2D eigenvalue weighted by molar-refractivity contribution is 7.99. The monoisotopic (exact) mass is 441 g/mol. The van der Waals surface area contributed by atoms with Crippen LogP contribution in [0.4, 0.5) is 0 Å². The van der Waals surface area contributed by atoms with E-state index in [0.29, 0.717) is 26.8 Å². The first kappa shape index (κ1) is 20.9. The van der Waals surface area contributed by atoms with E-state index in [1.807, 2.05) is 29.2 Å². The number of amides is 1. The Labute approximate surface area is 185 Å². The lowest BCUT2D eigenvalue weighted by Gasteiger charge is -2.39. The molecule has 4 rings (SSSR count). The van der Waals surface area contributed by atoms with E-state index >= 15 is 0 Å². The molecule has 0 aliphatic carbocycles. The third kappa shape index (κ3) is 4.12. The number of carbonyl (C=O) groups excluding carboxylic acids is 1. The number of nitrogens with zero attached hydrogens (tertiary/aromatic N) is 3. The normalized spacial score (nSPS) is 19.2. The summed E-state index contributed by atoms with van der Waals surface area (Å²) >= 11 is 7.48. The van der Waals surface area contributed by atoms with E-state index in [9.17, 15) is 9.59 Å². The van der Waals surface area contributed by atoms with E-state index < -0.39 is 0 Å². The predicted octanol–water partition coefficient (Wildman–Crippen LogP) is 4.92. The van der Waals surface area contributed by atoms with Crippen molar-refractivity contribution in [2.75, 3.05) is 5.75 Å². The van der Waals surface area contributed by atoms with Crippen LogP contribution in [-0.2, 0) is 4.79 Å². The van der Waals surface area contributed by atoms with Crippen molar-refractivity contribution in [2.45, 2.75) is 50.4 Å². The largest absolute Gasteiger partial charge is 0.337 e. The van der Waals surface area contributed by atoms with Gasteiger partial charge in [-0.15, -0.1) is 0 Å². The van der Waals surface area contributed by atoms with Crippen molar-refractivity contribution in [3.63, 3.8) is 0 Å². The number of hydrogen-bond acceptors (Lipinski definition) is 4. The number of carbonyl (C=O) groups is 1. The second kappa shape index (κ2) is 8.82. The molecule has 7 heteroatoms. The number of halogens is 1. The van der Waals surface area contributed by atoms with Gasteiger partial charge in [0.05, 0.1) is 22.3 Å². The van der Waals surface area contributed by atoms with E-state index in [1.165, 1.54) is 11.8 Å². The molecule has 1 fully saturated rings. The lowest BCUT2D eigenvalue weighted by atomic mass is 9.98. The molecule has 5 nitrogen and oxygen atoms in total. The Bertz CT molecular complexity index is 1140. The Morgan fingerprint density at radius 2 is 1.87 bits per heavy atom. The molecule has 2 aromatic carbocycles. The van der Waals surface area contributed by atoms with Crippen molar-refractivity contribution >= 4 is 40.2 Å². The van der Waals surface area contributed by atoms with Crippen molar-refractivity contribution < 1.29 is 4.79 Å². The zero-order valence-corrected chi connectivity index (χ0v) is 18.6. The second-order valence-electron chi connectivity index (χ2n) is 7.75. The fourth-order valence-corrected chi connectivity index (χ4v) is 5.23. The predicted molar refractivity (Wildman–Crippen MR) is 123 cm³/mol. The first-order chi connectivity index (χ1) is 14.5. The molecule has 1 aliphatic rings. The molecular weight excluding hydrogens is 418 g/mol. The molecule has 0 bridgehead atoms. The average Bonchev–Trinajstić information content (AvgIpc) is 2.72. The highest BCUT2D eigenvalue weighted by Crippen LogP contribution is 2.26. The number of thioether (sulfide) groups is 1. The lowest BCUT2D eigenvalue weighted by Crippen LogP contribution is -2.48. The maximum absolute atomic E-state index is 13.3. The molecule has 0 saturated carbocycles. The third-order valence-corrected chi connectivity index (χ3v) is 6.78. The molecule has 2 atom stereocenters. The van der Waals surface area contributed by atoms with Crippen LogP contribution in [0.15, 0.2) is 58.5 Å². The van der Waals surface area contributed by atoms with Gasteiger partial charge >= 0.3 is 0 Å². The molecule has 1 amide bonds. The molecule has 2 heterocycles. The minimum Gasteiger partial charge on any atom is -0.337 e. The first-order valence-corrected chi connectivity index (χ1v) is 11.5. The van der Waals surface area contributed by atoms with Crippen molar-refractivity contribution in [2.24, 2.45) is 0 Å². The van der Waals surface area contributed by atoms with E-state index in [0.717, 1.165) is 19.3 Å². The van der Waals surface area contributed by atoms with Crippen molar-refractivity contribution in [1.82, 2.24) is 14.5 Å². The lowest BCUT2D eigenvalue weighted by molar-refractivity contribution is -0.134. The van der Waals surface area contributed by atoms with Crippen LogP contribution < -0.4 is 5.56 Å². The first-order valence-electron chi connectivity index (χ1n) is 10.2. The number of piperidine rings is 1. The zero-order chi connectivity index (χ0) is 21.3. The molecule has 1 aliphatic heterocycles.